The second-order valence-electron chi connectivity index (χ2n) is 9.14. The number of hydrogen-bond acceptors (Lipinski definition) is 6. The minimum absolute atomic E-state index is 0. The van der Waals surface area contributed by atoms with Gasteiger partial charge >= 0.3 is 0 Å². The van der Waals surface area contributed by atoms with E-state index in [1.165, 1.54) is 5.56 Å². The number of nitrogens with zero attached hydrogens (tertiary/aromatic N) is 2. The van der Waals surface area contributed by atoms with Crippen molar-refractivity contribution in [1.82, 2.24) is 9.80 Å². The molecule has 9 heteroatoms. The van der Waals surface area contributed by atoms with E-state index in [-0.39, 0.29) is 37.4 Å². The number of hydrogen-bond donors (Lipinski definition) is 0. The molecule has 2 aromatic carbocycles. The Morgan fingerprint density at radius 3 is 2.43 bits per heavy atom. The minimum atomic E-state index is -0.188. The van der Waals surface area contributed by atoms with Crippen molar-refractivity contribution in [2.75, 3.05) is 65.9 Å². The Bertz CT molecular complexity index is 915. The lowest BCUT2D eigenvalue weighted by Crippen LogP contribution is -2.43. The molecule has 0 unspecified atom stereocenters. The summed E-state index contributed by atoms with van der Waals surface area (Å²) in [5.74, 6) is 2.79. The predicted molar refractivity (Wildman–Crippen MR) is 138 cm³/mol. The van der Waals surface area contributed by atoms with Crippen molar-refractivity contribution in [3.8, 4) is 17.2 Å². The van der Waals surface area contributed by atoms with Crippen LogP contribution in [0.3, 0.4) is 0 Å². The number of rotatable bonds is 8. The van der Waals surface area contributed by atoms with E-state index in [0.29, 0.717) is 18.4 Å². The number of benzene rings is 2. The summed E-state index contributed by atoms with van der Waals surface area (Å²) in [7, 11) is 0. The molecule has 0 radical (unpaired) electrons. The second kappa shape index (κ2) is 13.5. The largest absolute Gasteiger partial charge is 0.493 e. The van der Waals surface area contributed by atoms with Crippen LogP contribution in [-0.4, -0.2) is 75.7 Å². The van der Waals surface area contributed by atoms with E-state index in [2.05, 4.69) is 9.80 Å². The molecule has 2 atom stereocenters. The molecule has 6 nitrogen and oxygen atoms in total. The Balaban J connectivity index is 0.00000171. The molecule has 0 saturated carbocycles. The van der Waals surface area contributed by atoms with Gasteiger partial charge in [-0.2, -0.15) is 0 Å². The average molecular weight is 529 g/mol. The molecule has 194 valence electrons. The standard InChI is InChI=1S/C26H33FN2O4.2ClH/c27-22-4-2-20(3-5-22)24-8-11-29(10-1-9-28-12-14-30-15-13-28)17-21(24)18-31-23-6-7-25-26(16-23)33-19-32-25;;/h2-7,16,21,24H,1,8-15,17-19H2;2*1H/t21-,24-;;/m1../s1. The first-order valence-electron chi connectivity index (χ1n) is 12.0. The third-order valence-corrected chi connectivity index (χ3v) is 6.98. The van der Waals surface area contributed by atoms with Crippen molar-refractivity contribution < 1.29 is 23.3 Å². The fraction of sp³-hybridized carbons (Fsp3) is 0.538. The molecule has 0 bridgehead atoms. The number of piperidine rings is 1. The highest BCUT2D eigenvalue weighted by molar-refractivity contribution is 5.85. The molecule has 5 rings (SSSR count). The van der Waals surface area contributed by atoms with Gasteiger partial charge in [-0.15, -0.1) is 24.8 Å². The zero-order chi connectivity index (χ0) is 22.5. The van der Waals surface area contributed by atoms with Crippen LogP contribution in [0.1, 0.15) is 24.3 Å². The fourth-order valence-electron chi connectivity index (χ4n) is 5.14. The monoisotopic (exact) mass is 528 g/mol. The molecule has 2 fully saturated rings. The topological polar surface area (TPSA) is 43.4 Å². The maximum absolute atomic E-state index is 13.5. The molecule has 35 heavy (non-hydrogen) atoms. The summed E-state index contributed by atoms with van der Waals surface area (Å²) in [6.45, 7) is 8.91. The SMILES string of the molecule is Cl.Cl.Fc1ccc([C@H]2CCN(CCCN3CCOCC3)C[C@@H]2COc2ccc3c(c2)OCO3)cc1. The predicted octanol–water partition coefficient (Wildman–Crippen LogP) is 4.60. The average Bonchev–Trinajstić information content (AvgIpc) is 3.32. The van der Waals surface area contributed by atoms with E-state index in [1.54, 1.807) is 12.1 Å². The second-order valence-corrected chi connectivity index (χ2v) is 9.14. The van der Waals surface area contributed by atoms with Gasteiger partial charge in [-0.05, 0) is 68.2 Å². The maximum Gasteiger partial charge on any atom is 0.231 e. The zero-order valence-corrected chi connectivity index (χ0v) is 21.5. The van der Waals surface area contributed by atoms with Gasteiger partial charge in [-0.1, -0.05) is 12.1 Å². The number of fused-ring (bicyclic) bond motifs is 1. The highest BCUT2D eigenvalue weighted by Gasteiger charge is 2.31. The van der Waals surface area contributed by atoms with Gasteiger partial charge in [0.15, 0.2) is 11.5 Å². The molecular weight excluding hydrogens is 494 g/mol. The van der Waals surface area contributed by atoms with Gasteiger partial charge in [0.05, 0.1) is 19.8 Å². The third-order valence-electron chi connectivity index (χ3n) is 6.98. The Labute approximate surface area is 219 Å². The summed E-state index contributed by atoms with van der Waals surface area (Å²) in [4.78, 5) is 5.06. The Kier molecular flexibility index (Phi) is 10.7. The molecule has 3 aliphatic rings. The van der Waals surface area contributed by atoms with Gasteiger partial charge in [0, 0.05) is 31.6 Å². The summed E-state index contributed by atoms with van der Waals surface area (Å²) < 4.78 is 36.1. The fourth-order valence-corrected chi connectivity index (χ4v) is 5.14. The van der Waals surface area contributed by atoms with Crippen LogP contribution in [0.5, 0.6) is 17.2 Å². The van der Waals surface area contributed by atoms with E-state index in [9.17, 15) is 4.39 Å². The first-order chi connectivity index (χ1) is 16.2. The van der Waals surface area contributed by atoms with E-state index in [0.717, 1.165) is 82.6 Å². The van der Waals surface area contributed by atoms with Gasteiger partial charge in [-0.25, -0.2) is 4.39 Å². The van der Waals surface area contributed by atoms with Gasteiger partial charge in [0.25, 0.3) is 0 Å². The van der Waals surface area contributed by atoms with Gasteiger partial charge < -0.3 is 23.8 Å². The van der Waals surface area contributed by atoms with Crippen LogP contribution in [0.25, 0.3) is 0 Å². The highest BCUT2D eigenvalue weighted by atomic mass is 35.5. The Morgan fingerprint density at radius 1 is 0.886 bits per heavy atom. The molecule has 3 aliphatic heterocycles. The first kappa shape index (κ1) is 27.8. The van der Waals surface area contributed by atoms with E-state index >= 15 is 0 Å². The lowest BCUT2D eigenvalue weighted by Gasteiger charge is -2.39. The molecule has 2 saturated heterocycles. The van der Waals surface area contributed by atoms with Crippen molar-refractivity contribution in [3.05, 3.63) is 53.8 Å². The van der Waals surface area contributed by atoms with Crippen LogP contribution >= 0.6 is 24.8 Å². The van der Waals surface area contributed by atoms with Gasteiger partial charge in [0.1, 0.15) is 11.6 Å². The molecule has 0 aromatic heterocycles. The molecule has 0 aliphatic carbocycles. The summed E-state index contributed by atoms with van der Waals surface area (Å²) in [5.41, 5.74) is 1.20. The van der Waals surface area contributed by atoms with Crippen LogP contribution in [-0.2, 0) is 4.74 Å². The summed E-state index contributed by atoms with van der Waals surface area (Å²) >= 11 is 0. The Hall–Kier alpha value is -1.77. The van der Waals surface area contributed by atoms with Gasteiger partial charge in [-0.3, -0.25) is 4.90 Å². The lowest BCUT2D eigenvalue weighted by atomic mass is 9.80. The van der Waals surface area contributed by atoms with Crippen LogP contribution in [0.4, 0.5) is 4.39 Å². The molecule has 3 heterocycles. The molecule has 2 aromatic rings. The van der Waals surface area contributed by atoms with E-state index in [1.807, 2.05) is 30.3 Å². The number of morpholine rings is 1. The first-order valence-corrected chi connectivity index (χ1v) is 12.0. The van der Waals surface area contributed by atoms with Crippen molar-refractivity contribution >= 4 is 24.8 Å². The maximum atomic E-state index is 13.5. The molecule has 0 amide bonds. The van der Waals surface area contributed by atoms with Crippen LogP contribution in [0.15, 0.2) is 42.5 Å². The normalized spacial score (nSPS) is 22.2. The Morgan fingerprint density at radius 2 is 1.63 bits per heavy atom. The minimum Gasteiger partial charge on any atom is -0.493 e. The van der Waals surface area contributed by atoms with Gasteiger partial charge in [0.2, 0.25) is 6.79 Å². The van der Waals surface area contributed by atoms with Crippen molar-refractivity contribution in [2.24, 2.45) is 5.92 Å². The van der Waals surface area contributed by atoms with E-state index < -0.39 is 0 Å². The van der Waals surface area contributed by atoms with E-state index in [4.69, 9.17) is 18.9 Å². The van der Waals surface area contributed by atoms with Crippen LogP contribution < -0.4 is 14.2 Å². The smallest absolute Gasteiger partial charge is 0.231 e. The quantitative estimate of drug-likeness (QED) is 0.498. The van der Waals surface area contributed by atoms with Crippen molar-refractivity contribution in [3.63, 3.8) is 0 Å². The number of halogens is 3. The molecule has 0 N–H and O–H groups in total. The van der Waals surface area contributed by atoms with Crippen LogP contribution in [0.2, 0.25) is 0 Å². The lowest BCUT2D eigenvalue weighted by molar-refractivity contribution is 0.0346. The molecule has 0 spiro atoms. The van der Waals surface area contributed by atoms with Crippen molar-refractivity contribution in [2.45, 2.75) is 18.8 Å². The highest BCUT2D eigenvalue weighted by Crippen LogP contribution is 2.37. The van der Waals surface area contributed by atoms with Crippen molar-refractivity contribution in [1.29, 1.82) is 0 Å². The number of ether oxygens (including phenoxy) is 4. The summed E-state index contributed by atoms with van der Waals surface area (Å²) in [6, 6.07) is 12.7. The zero-order valence-electron chi connectivity index (χ0n) is 19.9. The summed E-state index contributed by atoms with van der Waals surface area (Å²) in [6.07, 6.45) is 2.22. The third kappa shape index (κ3) is 7.37. The summed E-state index contributed by atoms with van der Waals surface area (Å²) in [5, 5.41) is 0. The number of likely N-dealkylation sites (tertiary alicyclic amines) is 1. The van der Waals surface area contributed by atoms with Crippen LogP contribution in [0, 0.1) is 11.7 Å². The molecular formula is C26H35Cl2FN2O4.